The van der Waals surface area contributed by atoms with Crippen LogP contribution in [0.4, 0.5) is 0 Å². The van der Waals surface area contributed by atoms with Gasteiger partial charge in [-0.2, -0.15) is 0 Å². The van der Waals surface area contributed by atoms with Crippen molar-refractivity contribution in [2.45, 2.75) is 140 Å². The zero-order valence-corrected chi connectivity index (χ0v) is 39.3. The van der Waals surface area contributed by atoms with E-state index in [9.17, 15) is 78.3 Å². The molecule has 0 unspecified atom stereocenters. The molecule has 0 fully saturated rings. The van der Waals surface area contributed by atoms with Gasteiger partial charge in [-0.25, -0.2) is 4.79 Å². The van der Waals surface area contributed by atoms with Crippen LogP contribution >= 0.6 is 0 Å². The lowest BCUT2D eigenvalue weighted by molar-refractivity contribution is -0.144. The average Bonchev–Trinajstić information content (AvgIpc) is 3.25. The molecule has 0 saturated heterocycles. The minimum absolute atomic E-state index is 0.0215. The summed E-state index contributed by atoms with van der Waals surface area (Å²) in [6, 6.07) is -14.4. The summed E-state index contributed by atoms with van der Waals surface area (Å²) in [5, 5.41) is 66.3. The fraction of sp³-hybridized carbons (Fsp3) is 0.700. The molecule has 29 heteroatoms. The van der Waals surface area contributed by atoms with Crippen molar-refractivity contribution in [3.63, 3.8) is 0 Å². The second-order valence-corrected chi connectivity index (χ2v) is 16.7. The number of nitrogens with two attached hydrogens (primary N) is 4. The fourth-order valence-electron chi connectivity index (χ4n) is 6.08. The fourth-order valence-corrected chi connectivity index (χ4v) is 6.08. The largest absolute Gasteiger partial charge is 0.481 e. The second kappa shape index (κ2) is 32.1. The van der Waals surface area contributed by atoms with Crippen LogP contribution in [0, 0.1) is 11.8 Å². The number of aliphatic hydroxyl groups excluding tert-OH is 2. The molecule has 392 valence electrons. The van der Waals surface area contributed by atoms with Crippen LogP contribution in [0.1, 0.15) is 86.0 Å². The Hall–Kier alpha value is -6.72. The minimum atomic E-state index is -2.11. The molecule has 0 aliphatic carbocycles. The van der Waals surface area contributed by atoms with Crippen LogP contribution in [0.3, 0.4) is 0 Å². The summed E-state index contributed by atoms with van der Waals surface area (Å²) in [4.78, 5) is 145. The number of aliphatic hydroxyl groups is 2. The summed E-state index contributed by atoms with van der Waals surface area (Å²) in [6.07, 6.45) is -1.19. The van der Waals surface area contributed by atoms with E-state index in [1.807, 2.05) is 10.6 Å². The van der Waals surface area contributed by atoms with Crippen molar-refractivity contribution in [1.29, 1.82) is 0 Å². The number of hydrogen-bond donors (Lipinski definition) is 17. The molecule has 21 N–H and O–H groups in total. The maximum absolute atomic E-state index is 13.6. The number of unbranched alkanes of at least 4 members (excludes halogenated alkanes) is 1. The van der Waals surface area contributed by atoms with Crippen molar-refractivity contribution in [1.82, 2.24) is 42.5 Å². The Morgan fingerprint density at radius 1 is 0.507 bits per heavy atom. The van der Waals surface area contributed by atoms with E-state index >= 15 is 0 Å². The average molecular weight is 990 g/mol. The van der Waals surface area contributed by atoms with E-state index in [2.05, 4.69) is 36.9 Å². The smallest absolute Gasteiger partial charge is 0.326 e. The molecule has 0 rings (SSSR count). The number of aliphatic imine (C=N–C) groups is 1. The Morgan fingerprint density at radius 2 is 0.928 bits per heavy atom. The maximum Gasteiger partial charge on any atom is 0.326 e. The van der Waals surface area contributed by atoms with Gasteiger partial charge in [0.1, 0.15) is 48.3 Å². The van der Waals surface area contributed by atoms with Gasteiger partial charge in [-0.05, 0) is 57.4 Å². The number of carboxylic acids is 3. The van der Waals surface area contributed by atoms with Gasteiger partial charge in [-0.3, -0.25) is 52.9 Å². The van der Waals surface area contributed by atoms with Gasteiger partial charge in [-0.1, -0.05) is 34.1 Å². The quantitative estimate of drug-likeness (QED) is 0.0162. The van der Waals surface area contributed by atoms with Crippen LogP contribution in [0.2, 0.25) is 0 Å². The van der Waals surface area contributed by atoms with Gasteiger partial charge in [0.15, 0.2) is 5.96 Å². The first-order chi connectivity index (χ1) is 32.2. The molecule has 0 saturated carbocycles. The molecular weight excluding hydrogens is 919 g/mol. The number of guanidine groups is 1. The molecule has 0 aliphatic heterocycles. The lowest BCUT2D eigenvalue weighted by Crippen LogP contribution is -2.61. The van der Waals surface area contributed by atoms with Gasteiger partial charge in [0.05, 0.1) is 32.1 Å². The van der Waals surface area contributed by atoms with Crippen molar-refractivity contribution < 1.29 is 78.3 Å². The van der Waals surface area contributed by atoms with Crippen LogP contribution in [-0.2, 0) is 52.7 Å². The molecule has 0 aliphatic rings. The van der Waals surface area contributed by atoms with Gasteiger partial charge < -0.3 is 91.0 Å². The van der Waals surface area contributed by atoms with Crippen LogP contribution in [0.5, 0.6) is 0 Å². The number of rotatable bonds is 34. The molecule has 0 bridgehead atoms. The van der Waals surface area contributed by atoms with E-state index in [4.69, 9.17) is 22.9 Å². The van der Waals surface area contributed by atoms with Crippen molar-refractivity contribution >= 4 is 71.1 Å². The van der Waals surface area contributed by atoms with Crippen molar-refractivity contribution in [2.24, 2.45) is 39.8 Å². The number of carbonyl (C=O) groups is 11. The number of amides is 8. The van der Waals surface area contributed by atoms with Gasteiger partial charge in [-0.15, -0.1) is 0 Å². The standard InChI is InChI=1S/C40H71N13O16/c1-18(2)13-23(34(63)52-27(17-55)38(67)53-30(19(3)4)39(68)69)48-35(64)24(14-28(56)57)49-36(65)25(15-29(58)59)50-37(66)26(16-54)51-33(62)22(10-8-12-45-40(43)44)47-31(60)20(5)46-32(61)21(42)9-6-7-11-41/h18-27,30,54-55H,6-17,41-42H2,1-5H3,(H,46,61)(H,47,60)(H,48,64)(H,49,65)(H,50,66)(H,51,62)(H,52,63)(H,53,67)(H,56,57)(H,58,59)(H,68,69)(H4,43,44,45)/t20-,21-,22-,23-,24-,25-,26-,27-,30-/m0/s1. The summed E-state index contributed by atoms with van der Waals surface area (Å²) >= 11 is 0. The van der Waals surface area contributed by atoms with Crippen LogP contribution in [0.15, 0.2) is 4.99 Å². The normalized spacial score (nSPS) is 14.9. The van der Waals surface area contributed by atoms with E-state index < -0.39 is 152 Å². The first-order valence-corrected chi connectivity index (χ1v) is 22.0. The molecule has 0 heterocycles. The van der Waals surface area contributed by atoms with Gasteiger partial charge in [0, 0.05) is 6.54 Å². The highest BCUT2D eigenvalue weighted by Gasteiger charge is 2.36. The second-order valence-electron chi connectivity index (χ2n) is 16.7. The molecule has 8 amide bonds. The van der Waals surface area contributed by atoms with E-state index in [1.54, 1.807) is 13.8 Å². The van der Waals surface area contributed by atoms with Crippen LogP contribution < -0.4 is 65.5 Å². The molecule has 29 nitrogen and oxygen atoms in total. The van der Waals surface area contributed by atoms with Gasteiger partial charge in [0.25, 0.3) is 0 Å². The van der Waals surface area contributed by atoms with E-state index in [0.29, 0.717) is 19.4 Å². The minimum Gasteiger partial charge on any atom is -0.481 e. The highest BCUT2D eigenvalue weighted by molar-refractivity contribution is 5.99. The molecule has 69 heavy (non-hydrogen) atoms. The number of carboxylic acid groups (broad SMARTS) is 3. The Morgan fingerprint density at radius 3 is 1.35 bits per heavy atom. The van der Waals surface area contributed by atoms with E-state index in [1.165, 1.54) is 20.8 Å². The van der Waals surface area contributed by atoms with Crippen molar-refractivity contribution in [3.8, 4) is 0 Å². The molecule has 0 aromatic rings. The van der Waals surface area contributed by atoms with E-state index in [0.717, 1.165) is 0 Å². The topological polar surface area (TPSA) is 502 Å². The number of nitrogens with zero attached hydrogens (tertiary/aromatic N) is 1. The molecule has 9 atom stereocenters. The predicted molar refractivity (Wildman–Crippen MR) is 243 cm³/mol. The maximum atomic E-state index is 13.6. The molecule has 0 aromatic heterocycles. The Labute approximate surface area is 397 Å². The highest BCUT2D eigenvalue weighted by atomic mass is 16.4. The number of nitrogens with one attached hydrogen (secondary N) is 8. The third-order valence-electron chi connectivity index (χ3n) is 9.86. The first-order valence-electron chi connectivity index (χ1n) is 22.0. The monoisotopic (exact) mass is 990 g/mol. The third-order valence-corrected chi connectivity index (χ3v) is 9.86. The zero-order chi connectivity index (χ0) is 53.1. The summed E-state index contributed by atoms with van der Waals surface area (Å²) in [7, 11) is 0. The van der Waals surface area contributed by atoms with Crippen LogP contribution in [0.25, 0.3) is 0 Å². The molecule has 0 spiro atoms. The number of hydrogen-bond acceptors (Lipinski definition) is 16. The third kappa shape index (κ3) is 24.7. The summed E-state index contributed by atoms with van der Waals surface area (Å²) < 4.78 is 0. The summed E-state index contributed by atoms with van der Waals surface area (Å²) in [6.45, 7) is 5.74. The van der Waals surface area contributed by atoms with Crippen molar-refractivity contribution in [3.05, 3.63) is 0 Å². The lowest BCUT2D eigenvalue weighted by atomic mass is 10.0. The highest BCUT2D eigenvalue weighted by Crippen LogP contribution is 2.09. The van der Waals surface area contributed by atoms with E-state index in [-0.39, 0.29) is 44.1 Å². The van der Waals surface area contributed by atoms with Crippen molar-refractivity contribution in [2.75, 3.05) is 26.3 Å². The molecule has 0 radical (unpaired) electrons. The molecular formula is C40H71N13O16. The number of aliphatic carboxylic acids is 3. The van der Waals surface area contributed by atoms with Crippen LogP contribution in [-0.4, -0.2) is 177 Å². The Bertz CT molecular complexity index is 1810. The number of carbonyl (C=O) groups excluding carboxylic acids is 8. The SMILES string of the molecule is CC(C)C[C@H](NC(=O)[C@H](CC(=O)O)NC(=O)[C@H](CC(=O)O)NC(=O)[C@H](CO)NC(=O)[C@H](CCCN=C(N)N)NC(=O)[C@H](C)NC(=O)[C@@H](N)CCCCN)C(=O)N[C@@H](CO)C(=O)N[C@H](C(=O)O)C(C)C. The van der Waals surface area contributed by atoms with Gasteiger partial charge >= 0.3 is 17.9 Å². The summed E-state index contributed by atoms with van der Waals surface area (Å²) in [5.41, 5.74) is 22.1. The zero-order valence-electron chi connectivity index (χ0n) is 39.3. The summed E-state index contributed by atoms with van der Waals surface area (Å²) in [5.74, 6) is -14.9. The Balaban J connectivity index is 6.35. The molecule has 0 aromatic carbocycles. The first kappa shape index (κ1) is 62.3. The predicted octanol–water partition coefficient (Wildman–Crippen LogP) is -6.88. The van der Waals surface area contributed by atoms with Gasteiger partial charge in [0.2, 0.25) is 47.3 Å². The Kier molecular flexibility index (Phi) is 29.0. The lowest BCUT2D eigenvalue weighted by Gasteiger charge is -2.27.